The van der Waals surface area contributed by atoms with Crippen molar-refractivity contribution in [3.8, 4) is 0 Å². The normalized spacial score (nSPS) is 26.2. The van der Waals surface area contributed by atoms with Crippen molar-refractivity contribution in [3.63, 3.8) is 0 Å². The van der Waals surface area contributed by atoms with E-state index in [9.17, 15) is 0 Å². The van der Waals surface area contributed by atoms with Gasteiger partial charge in [-0.2, -0.15) is 5.10 Å². The Morgan fingerprint density at radius 2 is 2.56 bits per heavy atom. The second-order valence-electron chi connectivity index (χ2n) is 1.54. The van der Waals surface area contributed by atoms with E-state index in [0.29, 0.717) is 5.84 Å². The zero-order valence-corrected chi connectivity index (χ0v) is 6.78. The molecule has 0 fully saturated rings. The number of alkyl halides is 1. The van der Waals surface area contributed by atoms with Crippen molar-refractivity contribution >= 4 is 33.4 Å². The van der Waals surface area contributed by atoms with E-state index in [4.69, 9.17) is 17.3 Å². The molecule has 0 saturated carbocycles. The van der Waals surface area contributed by atoms with Gasteiger partial charge in [-0.3, -0.25) is 5.43 Å². The average molecular weight is 210 g/mol. The van der Waals surface area contributed by atoms with Gasteiger partial charge >= 0.3 is 0 Å². The van der Waals surface area contributed by atoms with Crippen LogP contribution in [0.4, 0.5) is 0 Å². The zero-order valence-electron chi connectivity index (χ0n) is 4.44. The molecule has 1 aliphatic heterocycles. The van der Waals surface area contributed by atoms with Crippen molar-refractivity contribution in [2.45, 2.75) is 5.50 Å². The van der Waals surface area contributed by atoms with Crippen molar-refractivity contribution in [3.05, 3.63) is 10.6 Å². The van der Waals surface area contributed by atoms with Gasteiger partial charge in [0.25, 0.3) is 0 Å². The number of amidine groups is 1. The highest BCUT2D eigenvalue weighted by molar-refractivity contribution is 9.12. The molecule has 3 nitrogen and oxygen atoms in total. The highest BCUT2D eigenvalue weighted by atomic mass is 79.9. The number of hydrogen-bond donors (Lipinski definition) is 2. The maximum atomic E-state index is 5.60. The molecule has 0 saturated heterocycles. The molecule has 1 rings (SSSR count). The topological polar surface area (TPSA) is 50.4 Å². The van der Waals surface area contributed by atoms with Gasteiger partial charge in [0.05, 0.1) is 4.48 Å². The van der Waals surface area contributed by atoms with Crippen LogP contribution in [-0.2, 0) is 0 Å². The summed E-state index contributed by atoms with van der Waals surface area (Å²) in [6.45, 7) is 0. The zero-order chi connectivity index (χ0) is 6.85. The van der Waals surface area contributed by atoms with Gasteiger partial charge in [0, 0.05) is 0 Å². The third kappa shape index (κ3) is 1.59. The smallest absolute Gasteiger partial charge is 0.157 e. The largest absolute Gasteiger partial charge is 0.381 e. The van der Waals surface area contributed by atoms with Crippen molar-refractivity contribution in [1.29, 1.82) is 0 Å². The standard InChI is InChI=1S/C4H5BrClN3/c5-2-1-3(6)8-9-4(2)7/h1,3,8H,(H2,7,9). The lowest BCUT2D eigenvalue weighted by Crippen LogP contribution is -2.27. The van der Waals surface area contributed by atoms with Crippen LogP contribution in [0.5, 0.6) is 0 Å². The van der Waals surface area contributed by atoms with Crippen LogP contribution in [-0.4, -0.2) is 11.3 Å². The molecule has 0 spiro atoms. The van der Waals surface area contributed by atoms with Crippen LogP contribution in [0.3, 0.4) is 0 Å². The molecule has 1 aliphatic rings. The summed E-state index contributed by atoms with van der Waals surface area (Å²) >= 11 is 8.77. The third-order valence-corrected chi connectivity index (χ3v) is 1.74. The molecule has 0 bridgehead atoms. The van der Waals surface area contributed by atoms with Crippen LogP contribution in [0.1, 0.15) is 0 Å². The SMILES string of the molecule is NC1=NNC(Cl)C=C1Br. The van der Waals surface area contributed by atoms with Crippen LogP contribution in [0.25, 0.3) is 0 Å². The Bertz CT molecular complexity index is 177. The Balaban J connectivity index is 2.75. The first kappa shape index (κ1) is 6.89. The van der Waals surface area contributed by atoms with Gasteiger partial charge in [0.1, 0.15) is 5.50 Å². The maximum Gasteiger partial charge on any atom is 0.157 e. The molecule has 1 unspecified atom stereocenters. The number of nitrogens with one attached hydrogen (secondary N) is 1. The average Bonchev–Trinajstić information content (AvgIpc) is 1.80. The molecule has 1 atom stereocenters. The first-order chi connectivity index (χ1) is 4.20. The van der Waals surface area contributed by atoms with Gasteiger partial charge in [-0.15, -0.1) is 0 Å². The Kier molecular flexibility index (Phi) is 1.97. The Morgan fingerprint density at radius 3 is 3.00 bits per heavy atom. The van der Waals surface area contributed by atoms with Crippen LogP contribution in [0.2, 0.25) is 0 Å². The predicted octanol–water partition coefficient (Wildman–Crippen LogP) is 0.706. The van der Waals surface area contributed by atoms with Gasteiger partial charge in [0.2, 0.25) is 0 Å². The lowest BCUT2D eigenvalue weighted by atomic mass is 10.4. The van der Waals surface area contributed by atoms with E-state index in [1.165, 1.54) is 0 Å². The highest BCUT2D eigenvalue weighted by Gasteiger charge is 2.08. The van der Waals surface area contributed by atoms with Gasteiger partial charge in [-0.25, -0.2) is 0 Å². The van der Waals surface area contributed by atoms with E-state index >= 15 is 0 Å². The summed E-state index contributed by atoms with van der Waals surface area (Å²) < 4.78 is 0.737. The summed E-state index contributed by atoms with van der Waals surface area (Å²) in [5, 5.41) is 3.69. The number of nitrogens with zero attached hydrogens (tertiary/aromatic N) is 1. The fraction of sp³-hybridized carbons (Fsp3) is 0.250. The predicted molar refractivity (Wildman–Crippen MR) is 41.4 cm³/mol. The molecule has 5 heteroatoms. The number of halogens is 2. The minimum atomic E-state index is -0.258. The van der Waals surface area contributed by atoms with Crippen molar-refractivity contribution in [2.75, 3.05) is 0 Å². The lowest BCUT2D eigenvalue weighted by Gasteiger charge is -2.10. The summed E-state index contributed by atoms with van der Waals surface area (Å²) in [6.07, 6.45) is 1.73. The fourth-order valence-corrected chi connectivity index (χ4v) is 1.12. The molecular formula is C4H5BrClN3. The minimum Gasteiger partial charge on any atom is -0.381 e. The summed E-state index contributed by atoms with van der Waals surface area (Å²) in [6, 6.07) is 0. The van der Waals surface area contributed by atoms with Gasteiger partial charge < -0.3 is 5.73 Å². The molecule has 3 N–H and O–H groups in total. The molecular weight excluding hydrogens is 205 g/mol. The van der Waals surface area contributed by atoms with Crippen molar-refractivity contribution in [2.24, 2.45) is 10.8 Å². The molecule has 0 aromatic rings. The molecule has 9 heavy (non-hydrogen) atoms. The van der Waals surface area contributed by atoms with Crippen LogP contribution in [0.15, 0.2) is 15.7 Å². The molecule has 0 aromatic heterocycles. The summed E-state index contributed by atoms with van der Waals surface area (Å²) in [7, 11) is 0. The highest BCUT2D eigenvalue weighted by Crippen LogP contribution is 2.11. The Labute approximate surface area is 66.1 Å². The molecule has 0 radical (unpaired) electrons. The first-order valence-electron chi connectivity index (χ1n) is 2.30. The van der Waals surface area contributed by atoms with E-state index < -0.39 is 0 Å². The Hall–Kier alpha value is -0.220. The fourth-order valence-electron chi connectivity index (χ4n) is 0.436. The van der Waals surface area contributed by atoms with E-state index in [-0.39, 0.29) is 5.50 Å². The first-order valence-corrected chi connectivity index (χ1v) is 3.53. The van der Waals surface area contributed by atoms with E-state index in [1.807, 2.05) is 0 Å². The molecule has 0 amide bonds. The quantitative estimate of drug-likeness (QED) is 0.457. The third-order valence-electron chi connectivity index (χ3n) is 0.846. The summed E-state index contributed by atoms with van der Waals surface area (Å²) in [5.41, 5.74) is 7.68. The van der Waals surface area contributed by atoms with E-state index in [0.717, 1.165) is 4.48 Å². The second-order valence-corrected chi connectivity index (χ2v) is 2.87. The minimum absolute atomic E-state index is 0.258. The monoisotopic (exact) mass is 209 g/mol. The van der Waals surface area contributed by atoms with Gasteiger partial charge in [-0.05, 0) is 22.0 Å². The number of nitrogens with two attached hydrogens (primary N) is 1. The van der Waals surface area contributed by atoms with Crippen LogP contribution < -0.4 is 11.2 Å². The summed E-state index contributed by atoms with van der Waals surface area (Å²) in [5.74, 6) is 0.423. The van der Waals surface area contributed by atoms with Crippen LogP contribution >= 0.6 is 27.5 Å². The van der Waals surface area contributed by atoms with E-state index in [1.54, 1.807) is 6.08 Å². The number of hydrazone groups is 1. The number of hydrogen-bond acceptors (Lipinski definition) is 3. The molecule has 1 heterocycles. The Morgan fingerprint density at radius 1 is 1.89 bits per heavy atom. The molecule has 0 aromatic carbocycles. The number of rotatable bonds is 0. The summed E-state index contributed by atoms with van der Waals surface area (Å²) in [4.78, 5) is 0. The molecule has 0 aliphatic carbocycles. The van der Waals surface area contributed by atoms with E-state index in [2.05, 4.69) is 26.5 Å². The maximum absolute atomic E-state index is 5.60. The second kappa shape index (κ2) is 2.58. The lowest BCUT2D eigenvalue weighted by molar-refractivity contribution is 0.763. The molecule has 50 valence electrons. The van der Waals surface area contributed by atoms with Gasteiger partial charge in [-0.1, -0.05) is 11.6 Å². The van der Waals surface area contributed by atoms with Gasteiger partial charge in [0.15, 0.2) is 5.84 Å². The van der Waals surface area contributed by atoms with Crippen molar-refractivity contribution in [1.82, 2.24) is 5.43 Å². The van der Waals surface area contributed by atoms with Crippen molar-refractivity contribution < 1.29 is 0 Å². The van der Waals surface area contributed by atoms with Crippen LogP contribution in [0, 0.1) is 0 Å².